The van der Waals surface area contributed by atoms with E-state index in [1.54, 1.807) is 28.1 Å². The van der Waals surface area contributed by atoms with Gasteiger partial charge >= 0.3 is 6.09 Å². The fourth-order valence-electron chi connectivity index (χ4n) is 3.19. The molecule has 0 unspecified atom stereocenters. The number of nitrogens with one attached hydrogen (secondary N) is 1. The molecule has 1 fully saturated rings. The van der Waals surface area contributed by atoms with Crippen molar-refractivity contribution in [2.75, 3.05) is 26.2 Å². The highest BCUT2D eigenvalue weighted by atomic mass is 16.6. The van der Waals surface area contributed by atoms with Crippen molar-refractivity contribution in [2.24, 2.45) is 0 Å². The average Bonchev–Trinajstić information content (AvgIpc) is 3.11. The lowest BCUT2D eigenvalue weighted by Crippen LogP contribution is -2.51. The van der Waals surface area contributed by atoms with Gasteiger partial charge in [-0.05, 0) is 36.8 Å². The zero-order valence-electron chi connectivity index (χ0n) is 15.0. The van der Waals surface area contributed by atoms with Crippen molar-refractivity contribution in [2.45, 2.75) is 6.92 Å². The van der Waals surface area contributed by atoms with Crippen molar-refractivity contribution in [3.05, 3.63) is 60.0 Å². The van der Waals surface area contributed by atoms with Crippen LogP contribution in [0.25, 0.3) is 10.9 Å². The summed E-state index contributed by atoms with van der Waals surface area (Å²) >= 11 is 0. The van der Waals surface area contributed by atoms with Crippen LogP contribution in [0, 0.1) is 6.92 Å². The van der Waals surface area contributed by atoms with E-state index in [9.17, 15) is 9.59 Å². The molecule has 3 heterocycles. The van der Waals surface area contributed by atoms with Gasteiger partial charge in [0.1, 0.15) is 5.69 Å². The highest BCUT2D eigenvalue weighted by Crippen LogP contribution is 2.19. The minimum absolute atomic E-state index is 0.0517. The van der Waals surface area contributed by atoms with Crippen molar-refractivity contribution < 1.29 is 14.3 Å². The lowest BCUT2D eigenvalue weighted by molar-refractivity contribution is 0.0629. The van der Waals surface area contributed by atoms with Gasteiger partial charge in [0.15, 0.2) is 5.75 Å². The number of carbonyl (C=O) groups excluding carboxylic acids is 2. The van der Waals surface area contributed by atoms with Crippen LogP contribution in [0.4, 0.5) is 4.79 Å². The summed E-state index contributed by atoms with van der Waals surface area (Å²) in [6.45, 7) is 3.82. The Hall–Kier alpha value is -3.35. The number of aromatic amines is 1. The first kappa shape index (κ1) is 17.1. The zero-order valence-corrected chi connectivity index (χ0v) is 15.0. The largest absolute Gasteiger partial charge is 0.415 e. The number of hydrogen-bond acceptors (Lipinski definition) is 4. The van der Waals surface area contributed by atoms with Gasteiger partial charge in [0.25, 0.3) is 5.91 Å². The molecule has 0 spiro atoms. The first-order chi connectivity index (χ1) is 13.1. The molecular formula is C20H20N4O3. The molecule has 3 aromatic rings. The Kier molecular flexibility index (Phi) is 4.50. The molecule has 138 valence electrons. The summed E-state index contributed by atoms with van der Waals surface area (Å²) in [7, 11) is 0. The number of hydrogen-bond donors (Lipinski definition) is 1. The van der Waals surface area contributed by atoms with Gasteiger partial charge in [-0.25, -0.2) is 4.79 Å². The second-order valence-electron chi connectivity index (χ2n) is 6.61. The van der Waals surface area contributed by atoms with E-state index < -0.39 is 6.09 Å². The third kappa shape index (κ3) is 3.62. The fourth-order valence-corrected chi connectivity index (χ4v) is 3.19. The van der Waals surface area contributed by atoms with Crippen LogP contribution in [0.15, 0.2) is 48.8 Å². The van der Waals surface area contributed by atoms with Crippen LogP contribution in [0.3, 0.4) is 0 Å². The van der Waals surface area contributed by atoms with Crippen LogP contribution < -0.4 is 4.74 Å². The Morgan fingerprint density at radius 1 is 1.07 bits per heavy atom. The molecule has 1 aliphatic heterocycles. The summed E-state index contributed by atoms with van der Waals surface area (Å²) in [5.41, 5.74) is 2.67. The second kappa shape index (κ2) is 7.11. The van der Waals surface area contributed by atoms with E-state index in [2.05, 4.69) is 9.97 Å². The van der Waals surface area contributed by atoms with Crippen molar-refractivity contribution in [3.8, 4) is 5.75 Å². The zero-order chi connectivity index (χ0) is 18.8. The summed E-state index contributed by atoms with van der Waals surface area (Å²) in [4.78, 5) is 35.5. The van der Waals surface area contributed by atoms with E-state index in [1.807, 2.05) is 31.2 Å². The maximum absolute atomic E-state index is 12.8. The van der Waals surface area contributed by atoms with E-state index in [4.69, 9.17) is 4.74 Å². The van der Waals surface area contributed by atoms with E-state index >= 15 is 0 Å². The number of benzene rings is 1. The highest BCUT2D eigenvalue weighted by molar-refractivity contribution is 5.98. The quantitative estimate of drug-likeness (QED) is 0.758. The Morgan fingerprint density at radius 2 is 1.85 bits per heavy atom. The van der Waals surface area contributed by atoms with Crippen molar-refractivity contribution in [1.29, 1.82) is 0 Å². The number of piperazine rings is 1. The smallest absolute Gasteiger partial charge is 0.409 e. The number of aryl methyl sites for hydroxylation is 1. The normalized spacial score (nSPS) is 14.4. The maximum atomic E-state index is 12.8. The lowest BCUT2D eigenvalue weighted by atomic mass is 10.2. The number of rotatable bonds is 2. The van der Waals surface area contributed by atoms with Gasteiger partial charge in [0.05, 0.1) is 6.20 Å². The number of amides is 2. The van der Waals surface area contributed by atoms with E-state index in [0.717, 1.165) is 16.5 Å². The number of nitrogens with zero attached hydrogens (tertiary/aromatic N) is 3. The molecule has 1 saturated heterocycles. The van der Waals surface area contributed by atoms with Crippen LogP contribution in [0.5, 0.6) is 5.75 Å². The van der Waals surface area contributed by atoms with E-state index in [1.165, 1.54) is 6.20 Å². The Labute approximate surface area is 156 Å². The molecule has 0 bridgehead atoms. The fraction of sp³-hybridized carbons (Fsp3) is 0.250. The Morgan fingerprint density at radius 3 is 2.59 bits per heavy atom. The van der Waals surface area contributed by atoms with Gasteiger partial charge < -0.3 is 19.5 Å². The Balaban J connectivity index is 1.38. The van der Waals surface area contributed by atoms with Crippen molar-refractivity contribution in [3.63, 3.8) is 0 Å². The number of carbonyl (C=O) groups is 2. The summed E-state index contributed by atoms with van der Waals surface area (Å²) in [5, 5.41) is 1.02. The summed E-state index contributed by atoms with van der Waals surface area (Å²) in [5.74, 6) is 0.360. The standard InChI is InChI=1S/C20H20N4O3/c1-14-4-5-15-12-18(22-17(15)11-14)19(25)23-7-9-24(10-8-23)20(26)27-16-3-2-6-21-13-16/h2-6,11-13,22H,7-10H2,1H3. The van der Waals surface area contributed by atoms with Gasteiger partial charge in [-0.15, -0.1) is 0 Å². The summed E-state index contributed by atoms with van der Waals surface area (Å²) < 4.78 is 5.30. The van der Waals surface area contributed by atoms with E-state index in [-0.39, 0.29) is 5.91 Å². The minimum Gasteiger partial charge on any atom is -0.409 e. The van der Waals surface area contributed by atoms with Crippen LogP contribution in [0.1, 0.15) is 16.1 Å². The van der Waals surface area contributed by atoms with Crippen LogP contribution in [-0.4, -0.2) is 57.9 Å². The second-order valence-corrected chi connectivity index (χ2v) is 6.61. The molecule has 2 aromatic heterocycles. The van der Waals surface area contributed by atoms with Gasteiger partial charge in [-0.3, -0.25) is 9.78 Å². The van der Waals surface area contributed by atoms with Crippen LogP contribution in [-0.2, 0) is 0 Å². The predicted octanol–water partition coefficient (Wildman–Crippen LogP) is 2.83. The molecule has 27 heavy (non-hydrogen) atoms. The number of ether oxygens (including phenoxy) is 1. The lowest BCUT2D eigenvalue weighted by Gasteiger charge is -2.33. The van der Waals surface area contributed by atoms with Gasteiger partial charge in [0, 0.05) is 43.3 Å². The number of fused-ring (bicyclic) bond motifs is 1. The molecule has 7 nitrogen and oxygen atoms in total. The maximum Gasteiger partial charge on any atom is 0.415 e. The van der Waals surface area contributed by atoms with Crippen LogP contribution >= 0.6 is 0 Å². The number of aromatic nitrogens is 2. The molecule has 1 aromatic carbocycles. The molecule has 0 saturated carbocycles. The van der Waals surface area contributed by atoms with Crippen molar-refractivity contribution in [1.82, 2.24) is 19.8 Å². The first-order valence-corrected chi connectivity index (χ1v) is 8.85. The molecule has 0 radical (unpaired) electrons. The number of pyridine rings is 1. The predicted molar refractivity (Wildman–Crippen MR) is 101 cm³/mol. The minimum atomic E-state index is -0.420. The monoisotopic (exact) mass is 364 g/mol. The topological polar surface area (TPSA) is 78.5 Å². The third-order valence-electron chi connectivity index (χ3n) is 4.67. The molecule has 1 aliphatic rings. The molecule has 2 amide bonds. The van der Waals surface area contributed by atoms with Gasteiger partial charge in [0.2, 0.25) is 0 Å². The van der Waals surface area contributed by atoms with Crippen LogP contribution in [0.2, 0.25) is 0 Å². The van der Waals surface area contributed by atoms with E-state index in [0.29, 0.717) is 37.6 Å². The molecule has 1 N–H and O–H groups in total. The first-order valence-electron chi connectivity index (χ1n) is 8.85. The molecule has 4 rings (SSSR count). The summed E-state index contributed by atoms with van der Waals surface area (Å²) in [6.07, 6.45) is 2.69. The van der Waals surface area contributed by atoms with Gasteiger partial charge in [-0.2, -0.15) is 0 Å². The SMILES string of the molecule is Cc1ccc2cc(C(=O)N3CCN(C(=O)Oc4cccnc4)CC3)[nH]c2c1. The summed E-state index contributed by atoms with van der Waals surface area (Å²) in [6, 6.07) is 11.3. The van der Waals surface area contributed by atoms with Gasteiger partial charge in [-0.1, -0.05) is 12.1 Å². The number of H-pyrrole nitrogens is 1. The van der Waals surface area contributed by atoms with Crippen molar-refractivity contribution >= 4 is 22.9 Å². The molecule has 0 atom stereocenters. The molecule has 7 heteroatoms. The highest BCUT2D eigenvalue weighted by Gasteiger charge is 2.26. The average molecular weight is 364 g/mol. The molecular weight excluding hydrogens is 344 g/mol. The molecule has 0 aliphatic carbocycles. The Bertz CT molecular complexity index is 975. The third-order valence-corrected chi connectivity index (χ3v) is 4.67.